The van der Waals surface area contributed by atoms with Crippen LogP contribution in [-0.2, 0) is 13.0 Å². The molecule has 138 valence electrons. The number of hydrogen-bond acceptors (Lipinski definition) is 4. The summed E-state index contributed by atoms with van der Waals surface area (Å²) in [4.78, 5) is 12.0. The summed E-state index contributed by atoms with van der Waals surface area (Å²) in [6.07, 6.45) is 5.01. The first kappa shape index (κ1) is 17.7. The van der Waals surface area contributed by atoms with E-state index in [1.165, 1.54) is 12.0 Å². The van der Waals surface area contributed by atoms with E-state index in [1.807, 2.05) is 30.5 Å². The Labute approximate surface area is 160 Å². The van der Waals surface area contributed by atoms with Gasteiger partial charge in [-0.3, -0.25) is 14.9 Å². The van der Waals surface area contributed by atoms with Crippen LogP contribution in [0.2, 0.25) is 0 Å². The van der Waals surface area contributed by atoms with E-state index in [9.17, 15) is 0 Å². The van der Waals surface area contributed by atoms with Crippen molar-refractivity contribution in [1.29, 1.82) is 0 Å². The summed E-state index contributed by atoms with van der Waals surface area (Å²) < 4.78 is 5.49. The van der Waals surface area contributed by atoms with Gasteiger partial charge in [-0.2, -0.15) is 0 Å². The number of methoxy groups -OCH3 is 1. The topological polar surface area (TPSA) is 38.2 Å². The van der Waals surface area contributed by atoms with Gasteiger partial charge in [0.25, 0.3) is 0 Å². The molecule has 0 saturated carbocycles. The molecule has 0 unspecified atom stereocenters. The Bertz CT molecular complexity index is 882. The molecular weight excluding hydrogens is 334 g/mol. The first-order valence-electron chi connectivity index (χ1n) is 9.55. The molecule has 1 saturated heterocycles. The standard InChI is InChI=1S/C23H25N3O/c1-27-23-13-3-2-8-18(23)16-19-10-6-11-21(25-19)22-12-7-15-26(22)17-20-9-4-5-14-24-20/h2-6,8-11,13-14,22H,7,12,15-17H2,1H3/t22-/m1/s1. The molecule has 1 aromatic carbocycles. The number of benzene rings is 1. The van der Waals surface area contributed by atoms with E-state index >= 15 is 0 Å². The summed E-state index contributed by atoms with van der Waals surface area (Å²) in [6.45, 7) is 1.98. The molecule has 3 heterocycles. The van der Waals surface area contributed by atoms with E-state index in [0.29, 0.717) is 6.04 Å². The van der Waals surface area contributed by atoms with Crippen LogP contribution in [0.5, 0.6) is 5.75 Å². The summed E-state index contributed by atoms with van der Waals surface area (Å²) in [5, 5.41) is 0. The van der Waals surface area contributed by atoms with Crippen LogP contribution in [-0.4, -0.2) is 28.5 Å². The number of ether oxygens (including phenoxy) is 1. The lowest BCUT2D eigenvalue weighted by Gasteiger charge is -2.24. The number of para-hydroxylation sites is 1. The smallest absolute Gasteiger partial charge is 0.122 e. The molecule has 1 aliphatic rings. The van der Waals surface area contributed by atoms with E-state index in [1.54, 1.807) is 7.11 Å². The zero-order valence-corrected chi connectivity index (χ0v) is 15.7. The molecule has 4 rings (SSSR count). The van der Waals surface area contributed by atoms with Gasteiger partial charge in [-0.05, 0) is 49.7 Å². The van der Waals surface area contributed by atoms with Crippen molar-refractivity contribution < 1.29 is 4.74 Å². The van der Waals surface area contributed by atoms with Gasteiger partial charge in [-0.1, -0.05) is 30.3 Å². The van der Waals surface area contributed by atoms with Crippen molar-refractivity contribution in [1.82, 2.24) is 14.9 Å². The molecule has 0 amide bonds. The highest BCUT2D eigenvalue weighted by Crippen LogP contribution is 2.32. The van der Waals surface area contributed by atoms with E-state index in [0.717, 1.165) is 48.8 Å². The zero-order chi connectivity index (χ0) is 18.5. The third-order valence-corrected chi connectivity index (χ3v) is 5.19. The zero-order valence-electron chi connectivity index (χ0n) is 15.7. The van der Waals surface area contributed by atoms with Crippen LogP contribution in [0.15, 0.2) is 66.9 Å². The molecule has 0 N–H and O–H groups in total. The molecule has 4 heteroatoms. The van der Waals surface area contributed by atoms with E-state index < -0.39 is 0 Å². The van der Waals surface area contributed by atoms with Crippen LogP contribution in [0.3, 0.4) is 0 Å². The lowest BCUT2D eigenvalue weighted by Crippen LogP contribution is -2.24. The number of likely N-dealkylation sites (tertiary alicyclic amines) is 1. The molecule has 2 aromatic heterocycles. The second-order valence-corrected chi connectivity index (χ2v) is 6.99. The third-order valence-electron chi connectivity index (χ3n) is 5.19. The molecule has 0 radical (unpaired) electrons. The number of nitrogens with zero attached hydrogens (tertiary/aromatic N) is 3. The summed E-state index contributed by atoms with van der Waals surface area (Å²) in [5.74, 6) is 0.919. The fourth-order valence-electron chi connectivity index (χ4n) is 3.88. The summed E-state index contributed by atoms with van der Waals surface area (Å²) >= 11 is 0. The van der Waals surface area contributed by atoms with E-state index in [-0.39, 0.29) is 0 Å². The van der Waals surface area contributed by atoms with E-state index in [2.05, 4.69) is 46.3 Å². The van der Waals surface area contributed by atoms with Gasteiger partial charge >= 0.3 is 0 Å². The Morgan fingerprint density at radius 3 is 2.70 bits per heavy atom. The average molecular weight is 359 g/mol. The van der Waals surface area contributed by atoms with Crippen molar-refractivity contribution in [3.05, 3.63) is 89.5 Å². The highest BCUT2D eigenvalue weighted by atomic mass is 16.5. The quantitative estimate of drug-likeness (QED) is 0.653. The monoisotopic (exact) mass is 359 g/mol. The molecule has 3 aromatic rings. The Morgan fingerprint density at radius 1 is 1.00 bits per heavy atom. The highest BCUT2D eigenvalue weighted by molar-refractivity contribution is 5.36. The van der Waals surface area contributed by atoms with Gasteiger partial charge in [0, 0.05) is 30.4 Å². The lowest BCUT2D eigenvalue weighted by atomic mass is 10.1. The Hall–Kier alpha value is -2.72. The van der Waals surface area contributed by atoms with Crippen molar-refractivity contribution in [3.63, 3.8) is 0 Å². The predicted molar refractivity (Wildman–Crippen MR) is 107 cm³/mol. The van der Waals surface area contributed by atoms with Crippen molar-refractivity contribution in [2.75, 3.05) is 13.7 Å². The third kappa shape index (κ3) is 4.17. The number of aromatic nitrogens is 2. The van der Waals surface area contributed by atoms with Gasteiger partial charge < -0.3 is 4.74 Å². The molecule has 1 fully saturated rings. The molecule has 27 heavy (non-hydrogen) atoms. The van der Waals surface area contributed by atoms with Gasteiger partial charge in [-0.15, -0.1) is 0 Å². The molecule has 0 bridgehead atoms. The van der Waals surface area contributed by atoms with Crippen LogP contribution in [0, 0.1) is 0 Å². The Balaban J connectivity index is 1.53. The fourth-order valence-corrected chi connectivity index (χ4v) is 3.88. The predicted octanol–water partition coefficient (Wildman–Crippen LogP) is 4.41. The van der Waals surface area contributed by atoms with E-state index in [4.69, 9.17) is 9.72 Å². The minimum absolute atomic E-state index is 0.365. The highest BCUT2D eigenvalue weighted by Gasteiger charge is 2.27. The molecule has 0 spiro atoms. The average Bonchev–Trinajstić information content (AvgIpc) is 3.17. The van der Waals surface area contributed by atoms with Crippen LogP contribution in [0.1, 0.15) is 41.5 Å². The van der Waals surface area contributed by atoms with Gasteiger partial charge in [-0.25, -0.2) is 0 Å². The maximum Gasteiger partial charge on any atom is 0.122 e. The number of hydrogen-bond donors (Lipinski definition) is 0. The van der Waals surface area contributed by atoms with Crippen LogP contribution in [0.4, 0.5) is 0 Å². The van der Waals surface area contributed by atoms with Crippen molar-refractivity contribution >= 4 is 0 Å². The van der Waals surface area contributed by atoms with Gasteiger partial charge in [0.05, 0.1) is 24.5 Å². The maximum absolute atomic E-state index is 5.49. The first-order chi connectivity index (χ1) is 13.3. The molecule has 1 atom stereocenters. The summed E-state index contributed by atoms with van der Waals surface area (Å²) in [5.41, 5.74) is 4.54. The van der Waals surface area contributed by atoms with Crippen molar-refractivity contribution in [2.45, 2.75) is 31.8 Å². The Morgan fingerprint density at radius 2 is 1.85 bits per heavy atom. The van der Waals surface area contributed by atoms with Gasteiger partial charge in [0.2, 0.25) is 0 Å². The first-order valence-corrected chi connectivity index (χ1v) is 9.55. The minimum Gasteiger partial charge on any atom is -0.496 e. The largest absolute Gasteiger partial charge is 0.496 e. The molecule has 1 aliphatic heterocycles. The SMILES string of the molecule is COc1ccccc1Cc1cccc([C@H]2CCCN2Cc2ccccn2)n1. The maximum atomic E-state index is 5.49. The van der Waals surface area contributed by atoms with Crippen molar-refractivity contribution in [2.24, 2.45) is 0 Å². The summed E-state index contributed by atoms with van der Waals surface area (Å²) in [6, 6.07) is 21.0. The second-order valence-electron chi connectivity index (χ2n) is 6.99. The number of rotatable bonds is 6. The normalized spacial score (nSPS) is 17.1. The molecular formula is C23H25N3O. The fraction of sp³-hybridized carbons (Fsp3) is 0.304. The van der Waals surface area contributed by atoms with Crippen LogP contribution < -0.4 is 4.74 Å². The van der Waals surface area contributed by atoms with Gasteiger partial charge in [0.15, 0.2) is 0 Å². The molecule has 4 nitrogen and oxygen atoms in total. The number of pyridine rings is 2. The Kier molecular flexibility index (Phi) is 5.45. The second kappa shape index (κ2) is 8.31. The van der Waals surface area contributed by atoms with Crippen LogP contribution in [0.25, 0.3) is 0 Å². The van der Waals surface area contributed by atoms with Crippen molar-refractivity contribution in [3.8, 4) is 5.75 Å². The van der Waals surface area contributed by atoms with Gasteiger partial charge in [0.1, 0.15) is 5.75 Å². The minimum atomic E-state index is 0.365. The lowest BCUT2D eigenvalue weighted by molar-refractivity contribution is 0.241. The summed E-state index contributed by atoms with van der Waals surface area (Å²) in [7, 11) is 1.72. The van der Waals surface area contributed by atoms with Crippen LogP contribution >= 0.6 is 0 Å². The molecule has 0 aliphatic carbocycles.